The average Bonchev–Trinajstić information content (AvgIpc) is 2.64. The van der Waals surface area contributed by atoms with Crippen LogP contribution in [0.3, 0.4) is 0 Å². The summed E-state index contributed by atoms with van der Waals surface area (Å²) < 4.78 is 0. The van der Waals surface area contributed by atoms with E-state index < -0.39 is 0 Å². The van der Waals surface area contributed by atoms with Gasteiger partial charge in [0.15, 0.2) is 0 Å². The third-order valence-electron chi connectivity index (χ3n) is 4.92. The molecule has 3 aromatic rings. The number of hydrogen-bond donors (Lipinski definition) is 1. The smallest absolute Gasteiger partial charge is 0.0359 e. The summed E-state index contributed by atoms with van der Waals surface area (Å²) in [6.45, 7) is 2.90. The summed E-state index contributed by atoms with van der Waals surface area (Å²) in [7, 11) is 0. The standard InChI is InChI=1S/C22H22N2/c23-22-13-7-5-11-19(22)15-24-14-18-10-4-6-12-20(18)21(16-24)17-8-2-1-3-9-17/h1-13,21H,14-16,23H2. The Balaban J connectivity index is 1.67. The van der Waals surface area contributed by atoms with Crippen LogP contribution in [-0.2, 0) is 13.1 Å². The van der Waals surface area contributed by atoms with E-state index in [1.54, 1.807) is 0 Å². The molecule has 1 aliphatic heterocycles. The fourth-order valence-corrected chi connectivity index (χ4v) is 3.69. The Kier molecular flexibility index (Phi) is 4.06. The van der Waals surface area contributed by atoms with Gasteiger partial charge in [0.1, 0.15) is 0 Å². The molecule has 0 saturated heterocycles. The van der Waals surface area contributed by atoms with Crippen molar-refractivity contribution in [3.63, 3.8) is 0 Å². The zero-order chi connectivity index (χ0) is 16.4. The molecule has 2 heteroatoms. The molecule has 0 amide bonds. The van der Waals surface area contributed by atoms with Crippen LogP contribution in [0.5, 0.6) is 0 Å². The Morgan fingerprint density at radius 1 is 0.833 bits per heavy atom. The molecule has 1 atom stereocenters. The van der Waals surface area contributed by atoms with Crippen molar-refractivity contribution >= 4 is 5.69 Å². The Bertz CT molecular complexity index is 826. The van der Waals surface area contributed by atoms with Gasteiger partial charge in [-0.3, -0.25) is 4.90 Å². The van der Waals surface area contributed by atoms with Crippen LogP contribution in [0.1, 0.15) is 28.2 Å². The first-order valence-electron chi connectivity index (χ1n) is 8.50. The molecule has 120 valence electrons. The number of para-hydroxylation sites is 1. The Morgan fingerprint density at radius 2 is 1.54 bits per heavy atom. The molecule has 3 aromatic carbocycles. The Hall–Kier alpha value is -2.58. The van der Waals surface area contributed by atoms with Gasteiger partial charge in [0.05, 0.1) is 0 Å². The molecule has 0 saturated carbocycles. The van der Waals surface area contributed by atoms with E-state index in [0.717, 1.165) is 25.3 Å². The summed E-state index contributed by atoms with van der Waals surface area (Å²) in [5.41, 5.74) is 12.5. The predicted octanol–water partition coefficient (Wildman–Crippen LogP) is 4.42. The zero-order valence-electron chi connectivity index (χ0n) is 13.7. The summed E-state index contributed by atoms with van der Waals surface area (Å²) in [5.74, 6) is 0.418. The molecule has 2 N–H and O–H groups in total. The summed E-state index contributed by atoms with van der Waals surface area (Å²) in [6, 6.07) is 27.8. The second-order valence-corrected chi connectivity index (χ2v) is 6.53. The highest BCUT2D eigenvalue weighted by Gasteiger charge is 2.26. The van der Waals surface area contributed by atoms with Crippen LogP contribution in [0.25, 0.3) is 0 Å². The van der Waals surface area contributed by atoms with E-state index in [1.165, 1.54) is 22.3 Å². The van der Waals surface area contributed by atoms with Gasteiger partial charge in [0.25, 0.3) is 0 Å². The number of benzene rings is 3. The number of rotatable bonds is 3. The lowest BCUT2D eigenvalue weighted by Gasteiger charge is -2.35. The van der Waals surface area contributed by atoms with Crippen molar-refractivity contribution in [1.82, 2.24) is 4.90 Å². The van der Waals surface area contributed by atoms with Crippen molar-refractivity contribution in [2.75, 3.05) is 12.3 Å². The minimum absolute atomic E-state index is 0.418. The van der Waals surface area contributed by atoms with Crippen LogP contribution >= 0.6 is 0 Å². The largest absolute Gasteiger partial charge is 0.398 e. The highest BCUT2D eigenvalue weighted by Crippen LogP contribution is 2.34. The highest BCUT2D eigenvalue weighted by molar-refractivity contribution is 5.47. The zero-order valence-corrected chi connectivity index (χ0v) is 13.7. The van der Waals surface area contributed by atoms with Crippen LogP contribution in [0, 0.1) is 0 Å². The quantitative estimate of drug-likeness (QED) is 0.725. The lowest BCUT2D eigenvalue weighted by atomic mass is 9.84. The van der Waals surface area contributed by atoms with Crippen LogP contribution in [0.15, 0.2) is 78.9 Å². The van der Waals surface area contributed by atoms with Gasteiger partial charge in [0.2, 0.25) is 0 Å². The highest BCUT2D eigenvalue weighted by atomic mass is 15.1. The van der Waals surface area contributed by atoms with Gasteiger partial charge in [-0.25, -0.2) is 0 Å². The molecule has 1 aliphatic rings. The summed E-state index contributed by atoms with van der Waals surface area (Å²) >= 11 is 0. The second kappa shape index (κ2) is 6.50. The van der Waals surface area contributed by atoms with Gasteiger partial charge in [-0.05, 0) is 28.3 Å². The number of nitrogens with zero attached hydrogens (tertiary/aromatic N) is 1. The van der Waals surface area contributed by atoms with Crippen molar-refractivity contribution < 1.29 is 0 Å². The van der Waals surface area contributed by atoms with E-state index in [9.17, 15) is 0 Å². The number of nitrogens with two attached hydrogens (primary N) is 1. The normalized spacial score (nSPS) is 17.4. The van der Waals surface area contributed by atoms with Gasteiger partial charge in [-0.1, -0.05) is 72.8 Å². The fourth-order valence-electron chi connectivity index (χ4n) is 3.69. The molecule has 24 heavy (non-hydrogen) atoms. The van der Waals surface area contributed by atoms with Crippen molar-refractivity contribution in [1.29, 1.82) is 0 Å². The lowest BCUT2D eigenvalue weighted by Crippen LogP contribution is -2.33. The first-order valence-corrected chi connectivity index (χ1v) is 8.50. The monoisotopic (exact) mass is 314 g/mol. The number of anilines is 1. The molecule has 4 rings (SSSR count). The van der Waals surface area contributed by atoms with Gasteiger partial charge in [-0.15, -0.1) is 0 Å². The maximum atomic E-state index is 6.15. The maximum absolute atomic E-state index is 6.15. The first-order chi connectivity index (χ1) is 11.8. The van der Waals surface area contributed by atoms with E-state index >= 15 is 0 Å². The van der Waals surface area contributed by atoms with E-state index in [1.807, 2.05) is 12.1 Å². The third-order valence-corrected chi connectivity index (χ3v) is 4.92. The van der Waals surface area contributed by atoms with Gasteiger partial charge < -0.3 is 5.73 Å². The summed E-state index contributed by atoms with van der Waals surface area (Å²) in [4.78, 5) is 2.51. The molecule has 0 aromatic heterocycles. The van der Waals surface area contributed by atoms with Crippen molar-refractivity contribution in [2.45, 2.75) is 19.0 Å². The van der Waals surface area contributed by atoms with E-state index in [0.29, 0.717) is 5.92 Å². The molecular formula is C22H22N2. The predicted molar refractivity (Wildman–Crippen MR) is 99.7 cm³/mol. The minimum Gasteiger partial charge on any atom is -0.398 e. The van der Waals surface area contributed by atoms with Crippen LogP contribution in [0.4, 0.5) is 5.69 Å². The third kappa shape index (κ3) is 2.93. The molecule has 0 aliphatic carbocycles. The Labute approximate surface area is 143 Å². The van der Waals surface area contributed by atoms with Crippen LogP contribution in [-0.4, -0.2) is 11.4 Å². The molecule has 0 fully saturated rings. The van der Waals surface area contributed by atoms with E-state index in [4.69, 9.17) is 5.73 Å². The fraction of sp³-hybridized carbons (Fsp3) is 0.182. The van der Waals surface area contributed by atoms with Crippen LogP contribution in [0.2, 0.25) is 0 Å². The molecule has 0 spiro atoms. The van der Waals surface area contributed by atoms with Gasteiger partial charge in [0, 0.05) is 31.2 Å². The number of nitrogen functional groups attached to an aromatic ring is 1. The lowest BCUT2D eigenvalue weighted by molar-refractivity contribution is 0.232. The van der Waals surface area contributed by atoms with Gasteiger partial charge >= 0.3 is 0 Å². The molecule has 2 nitrogen and oxygen atoms in total. The molecule has 1 unspecified atom stereocenters. The topological polar surface area (TPSA) is 29.3 Å². The molecule has 0 radical (unpaired) electrons. The number of fused-ring (bicyclic) bond motifs is 1. The molecular weight excluding hydrogens is 292 g/mol. The molecule has 0 bridgehead atoms. The van der Waals surface area contributed by atoms with Crippen molar-refractivity contribution in [3.8, 4) is 0 Å². The van der Waals surface area contributed by atoms with Gasteiger partial charge in [-0.2, -0.15) is 0 Å². The minimum atomic E-state index is 0.418. The Morgan fingerprint density at radius 3 is 2.38 bits per heavy atom. The summed E-state index contributed by atoms with van der Waals surface area (Å²) in [6.07, 6.45) is 0. The maximum Gasteiger partial charge on any atom is 0.0359 e. The second-order valence-electron chi connectivity index (χ2n) is 6.53. The molecule has 1 heterocycles. The average molecular weight is 314 g/mol. The van der Waals surface area contributed by atoms with Crippen molar-refractivity contribution in [2.24, 2.45) is 0 Å². The summed E-state index contributed by atoms with van der Waals surface area (Å²) in [5, 5.41) is 0. The first kappa shape index (κ1) is 15.0. The van der Waals surface area contributed by atoms with E-state index in [2.05, 4.69) is 71.6 Å². The van der Waals surface area contributed by atoms with Crippen molar-refractivity contribution in [3.05, 3.63) is 101 Å². The van der Waals surface area contributed by atoms with E-state index in [-0.39, 0.29) is 0 Å². The SMILES string of the molecule is Nc1ccccc1CN1Cc2ccccc2C(c2ccccc2)C1. The van der Waals surface area contributed by atoms with Crippen LogP contribution < -0.4 is 5.73 Å². The number of hydrogen-bond acceptors (Lipinski definition) is 2.